The summed E-state index contributed by atoms with van der Waals surface area (Å²) in [4.78, 5) is 24.5. The first-order valence-corrected chi connectivity index (χ1v) is 8.78. The van der Waals surface area contributed by atoms with Crippen LogP contribution in [0.2, 0.25) is 5.02 Å². The van der Waals surface area contributed by atoms with Crippen LogP contribution in [-0.4, -0.2) is 18.4 Å². The molecule has 126 valence electrons. The second kappa shape index (κ2) is 6.06. The molecule has 1 aliphatic rings. The van der Waals surface area contributed by atoms with E-state index in [2.05, 4.69) is 10.6 Å². The summed E-state index contributed by atoms with van der Waals surface area (Å²) >= 11 is 7.79. The first kappa shape index (κ1) is 15.9. The summed E-state index contributed by atoms with van der Waals surface area (Å²) in [5.74, 6) is 0.0701. The summed E-state index contributed by atoms with van der Waals surface area (Å²) in [5, 5.41) is 6.91. The molecular formula is C18H13ClN2O3S. The summed E-state index contributed by atoms with van der Waals surface area (Å²) in [6.07, 6.45) is 0. The lowest BCUT2D eigenvalue weighted by Gasteiger charge is -2.18. The zero-order valence-electron chi connectivity index (χ0n) is 13.2. The van der Waals surface area contributed by atoms with Crippen LogP contribution in [0, 0.1) is 6.92 Å². The van der Waals surface area contributed by atoms with Gasteiger partial charge in [0.05, 0.1) is 10.7 Å². The van der Waals surface area contributed by atoms with E-state index >= 15 is 0 Å². The Balaban J connectivity index is 1.65. The highest BCUT2D eigenvalue weighted by Crippen LogP contribution is 2.38. The number of ether oxygens (including phenoxy) is 1. The van der Waals surface area contributed by atoms with Crippen molar-refractivity contribution in [3.05, 3.63) is 51.9 Å². The predicted octanol–water partition coefficient (Wildman–Crippen LogP) is 4.45. The van der Waals surface area contributed by atoms with Crippen LogP contribution in [0.25, 0.3) is 10.1 Å². The largest absolute Gasteiger partial charge is 0.482 e. The molecule has 2 aromatic carbocycles. The highest BCUT2D eigenvalue weighted by molar-refractivity contribution is 7.21. The number of benzene rings is 2. The van der Waals surface area contributed by atoms with E-state index in [-0.39, 0.29) is 18.4 Å². The van der Waals surface area contributed by atoms with Crippen molar-refractivity contribution in [2.75, 3.05) is 17.2 Å². The molecule has 0 fully saturated rings. The molecule has 7 heteroatoms. The molecule has 0 spiro atoms. The van der Waals surface area contributed by atoms with Crippen molar-refractivity contribution in [3.63, 3.8) is 0 Å². The van der Waals surface area contributed by atoms with E-state index in [9.17, 15) is 9.59 Å². The molecule has 0 atom stereocenters. The Kier molecular flexibility index (Phi) is 3.86. The first-order chi connectivity index (χ1) is 12.0. The van der Waals surface area contributed by atoms with Gasteiger partial charge in [0, 0.05) is 15.8 Å². The molecule has 2 amide bonds. The lowest BCUT2D eigenvalue weighted by atomic mass is 10.1. The van der Waals surface area contributed by atoms with Crippen LogP contribution in [0.4, 0.5) is 11.4 Å². The Labute approximate surface area is 152 Å². The van der Waals surface area contributed by atoms with Gasteiger partial charge in [-0.25, -0.2) is 0 Å². The van der Waals surface area contributed by atoms with Gasteiger partial charge in [0.1, 0.15) is 10.6 Å². The Morgan fingerprint density at radius 3 is 2.96 bits per heavy atom. The van der Waals surface area contributed by atoms with E-state index in [1.54, 1.807) is 18.2 Å². The summed E-state index contributed by atoms with van der Waals surface area (Å²) in [7, 11) is 0. The van der Waals surface area contributed by atoms with Crippen LogP contribution in [0.1, 0.15) is 15.2 Å². The number of amides is 2. The molecule has 4 rings (SSSR count). The lowest BCUT2D eigenvalue weighted by Crippen LogP contribution is -2.25. The molecule has 0 bridgehead atoms. The molecule has 1 aliphatic heterocycles. The van der Waals surface area contributed by atoms with E-state index in [4.69, 9.17) is 16.3 Å². The van der Waals surface area contributed by atoms with Gasteiger partial charge in [-0.1, -0.05) is 23.7 Å². The van der Waals surface area contributed by atoms with Gasteiger partial charge in [0.2, 0.25) is 0 Å². The smallest absolute Gasteiger partial charge is 0.267 e. The Morgan fingerprint density at radius 1 is 1.32 bits per heavy atom. The molecule has 1 aromatic heterocycles. The zero-order chi connectivity index (χ0) is 17.6. The minimum Gasteiger partial charge on any atom is -0.482 e. The zero-order valence-corrected chi connectivity index (χ0v) is 14.8. The standard InChI is InChI=1S/C18H13ClN2O3S/c1-9-3-2-4-13-15(9)16(19)17(25-13)18(23)20-10-5-6-12-11(7-10)21-14(22)8-24-12/h2-7H,8H2,1H3,(H,20,23)(H,21,22). The average Bonchev–Trinajstić information content (AvgIpc) is 2.93. The maximum absolute atomic E-state index is 12.6. The van der Waals surface area contributed by atoms with Crippen molar-refractivity contribution in [1.82, 2.24) is 0 Å². The average molecular weight is 373 g/mol. The number of hydrogen-bond donors (Lipinski definition) is 2. The lowest BCUT2D eigenvalue weighted by molar-refractivity contribution is -0.118. The number of carbonyl (C=O) groups excluding carboxylic acids is 2. The molecule has 25 heavy (non-hydrogen) atoms. The minimum atomic E-state index is -0.284. The highest BCUT2D eigenvalue weighted by atomic mass is 35.5. The molecule has 0 saturated carbocycles. The van der Waals surface area contributed by atoms with E-state index in [0.29, 0.717) is 27.0 Å². The predicted molar refractivity (Wildman–Crippen MR) is 100 cm³/mol. The van der Waals surface area contributed by atoms with Crippen LogP contribution < -0.4 is 15.4 Å². The monoisotopic (exact) mass is 372 g/mol. The molecule has 5 nitrogen and oxygen atoms in total. The maximum Gasteiger partial charge on any atom is 0.267 e. The number of thiophene rings is 1. The number of fused-ring (bicyclic) bond motifs is 2. The third-order valence-corrected chi connectivity index (χ3v) is 5.59. The van der Waals surface area contributed by atoms with Crippen LogP contribution in [0.3, 0.4) is 0 Å². The van der Waals surface area contributed by atoms with Crippen LogP contribution in [0.15, 0.2) is 36.4 Å². The van der Waals surface area contributed by atoms with Crippen LogP contribution in [-0.2, 0) is 4.79 Å². The quantitative estimate of drug-likeness (QED) is 0.698. The molecular weight excluding hydrogens is 360 g/mol. The van der Waals surface area contributed by atoms with Crippen LogP contribution in [0.5, 0.6) is 5.75 Å². The number of aryl methyl sites for hydroxylation is 1. The van der Waals surface area contributed by atoms with Gasteiger partial charge in [-0.2, -0.15) is 0 Å². The van der Waals surface area contributed by atoms with Crippen molar-refractivity contribution >= 4 is 56.2 Å². The third-order valence-electron chi connectivity index (χ3n) is 3.94. The molecule has 0 saturated heterocycles. The summed E-state index contributed by atoms with van der Waals surface area (Å²) in [5.41, 5.74) is 2.12. The van der Waals surface area contributed by atoms with Gasteiger partial charge in [-0.3, -0.25) is 9.59 Å². The summed E-state index contributed by atoms with van der Waals surface area (Å²) in [6, 6.07) is 11.0. The number of halogens is 1. The first-order valence-electron chi connectivity index (χ1n) is 7.58. The number of carbonyl (C=O) groups is 2. The fraction of sp³-hybridized carbons (Fsp3) is 0.111. The maximum atomic E-state index is 12.6. The second-order valence-electron chi connectivity index (χ2n) is 5.70. The van der Waals surface area contributed by atoms with Crippen molar-refractivity contribution in [3.8, 4) is 5.75 Å². The van der Waals surface area contributed by atoms with Crippen molar-refractivity contribution < 1.29 is 14.3 Å². The second-order valence-corrected chi connectivity index (χ2v) is 7.13. The Morgan fingerprint density at radius 2 is 2.16 bits per heavy atom. The SMILES string of the molecule is Cc1cccc2sc(C(=O)Nc3ccc4c(c3)NC(=O)CO4)c(Cl)c12. The molecule has 2 N–H and O–H groups in total. The van der Waals surface area contributed by atoms with E-state index in [0.717, 1.165) is 15.6 Å². The van der Waals surface area contributed by atoms with Gasteiger partial charge in [-0.05, 0) is 36.8 Å². The number of hydrogen-bond acceptors (Lipinski definition) is 4. The van der Waals surface area contributed by atoms with Gasteiger partial charge in [0.25, 0.3) is 11.8 Å². The number of nitrogens with one attached hydrogen (secondary N) is 2. The van der Waals surface area contributed by atoms with Crippen LogP contribution >= 0.6 is 22.9 Å². The van der Waals surface area contributed by atoms with Gasteiger partial charge in [0.15, 0.2) is 6.61 Å². The molecule has 0 unspecified atom stereocenters. The summed E-state index contributed by atoms with van der Waals surface area (Å²) in [6.45, 7) is 1.96. The van der Waals surface area contributed by atoms with Gasteiger partial charge in [-0.15, -0.1) is 11.3 Å². The Bertz CT molecular complexity index is 1030. The third kappa shape index (κ3) is 2.83. The minimum absolute atomic E-state index is 0.00451. The number of rotatable bonds is 2. The van der Waals surface area contributed by atoms with Gasteiger partial charge >= 0.3 is 0 Å². The fourth-order valence-electron chi connectivity index (χ4n) is 2.77. The normalized spacial score (nSPS) is 13.1. The Hall–Kier alpha value is -2.57. The van der Waals surface area contributed by atoms with Crippen molar-refractivity contribution in [2.24, 2.45) is 0 Å². The highest BCUT2D eigenvalue weighted by Gasteiger charge is 2.20. The van der Waals surface area contributed by atoms with Gasteiger partial charge < -0.3 is 15.4 Å². The molecule has 0 aliphatic carbocycles. The van der Waals surface area contributed by atoms with Crippen molar-refractivity contribution in [2.45, 2.75) is 6.92 Å². The van der Waals surface area contributed by atoms with E-state index in [1.165, 1.54) is 11.3 Å². The topological polar surface area (TPSA) is 67.4 Å². The molecule has 2 heterocycles. The van der Waals surface area contributed by atoms with E-state index in [1.807, 2.05) is 25.1 Å². The fourth-order valence-corrected chi connectivity index (χ4v) is 4.35. The van der Waals surface area contributed by atoms with Crippen molar-refractivity contribution in [1.29, 1.82) is 0 Å². The number of anilines is 2. The van der Waals surface area contributed by atoms with E-state index < -0.39 is 0 Å². The summed E-state index contributed by atoms with van der Waals surface area (Å²) < 4.78 is 6.28. The molecule has 3 aromatic rings. The molecule has 0 radical (unpaired) electrons.